The first-order valence-corrected chi connectivity index (χ1v) is 2.30. The molecule has 1 unspecified atom stereocenters. The molecule has 0 nitrogen and oxygen atoms in total. The van der Waals surface area contributed by atoms with Crippen LogP contribution in [0.15, 0.2) is 0 Å². The Hall–Kier alpha value is -0.140. The number of halogens is 2. The van der Waals surface area contributed by atoms with Crippen molar-refractivity contribution in [3.05, 3.63) is 6.92 Å². The zero-order valence-corrected chi connectivity index (χ0v) is 4.16. The minimum absolute atomic E-state index is 0.247. The van der Waals surface area contributed by atoms with Gasteiger partial charge in [0, 0.05) is 0 Å². The summed E-state index contributed by atoms with van der Waals surface area (Å²) >= 11 is 0. The SMILES string of the molecule is [CH2]C(F)CCCF. The van der Waals surface area contributed by atoms with Crippen molar-refractivity contribution in [2.75, 3.05) is 6.67 Å². The molecule has 2 heteroatoms. The van der Waals surface area contributed by atoms with Crippen molar-refractivity contribution in [1.29, 1.82) is 0 Å². The van der Waals surface area contributed by atoms with E-state index in [1.54, 1.807) is 0 Å². The summed E-state index contributed by atoms with van der Waals surface area (Å²) in [7, 11) is 0. The Bertz CT molecular complexity index is 35.1. The molecular formula is C5H9F2. The molecule has 0 saturated heterocycles. The molecule has 0 aromatic rings. The van der Waals surface area contributed by atoms with Gasteiger partial charge in [-0.05, 0) is 19.8 Å². The normalized spacial score (nSPS) is 14.1. The Balaban J connectivity index is 2.68. The Kier molecular flexibility index (Phi) is 3.95. The molecule has 0 fully saturated rings. The van der Waals surface area contributed by atoms with Crippen molar-refractivity contribution in [2.24, 2.45) is 0 Å². The highest BCUT2D eigenvalue weighted by Crippen LogP contribution is 1.98. The van der Waals surface area contributed by atoms with Gasteiger partial charge < -0.3 is 0 Å². The second-order valence-electron chi connectivity index (χ2n) is 1.43. The topological polar surface area (TPSA) is 0 Å². The van der Waals surface area contributed by atoms with E-state index in [1.807, 2.05) is 0 Å². The number of hydrogen-bond donors (Lipinski definition) is 0. The van der Waals surface area contributed by atoms with Crippen LogP contribution < -0.4 is 0 Å². The van der Waals surface area contributed by atoms with Crippen LogP contribution in [0.5, 0.6) is 0 Å². The Morgan fingerprint density at radius 2 is 2.14 bits per heavy atom. The van der Waals surface area contributed by atoms with E-state index in [0.717, 1.165) is 0 Å². The van der Waals surface area contributed by atoms with Crippen molar-refractivity contribution in [2.45, 2.75) is 19.0 Å². The monoisotopic (exact) mass is 107 g/mol. The molecule has 0 saturated carbocycles. The van der Waals surface area contributed by atoms with E-state index in [1.165, 1.54) is 0 Å². The van der Waals surface area contributed by atoms with Gasteiger partial charge in [-0.2, -0.15) is 0 Å². The molecule has 0 aliphatic rings. The lowest BCUT2D eigenvalue weighted by Gasteiger charge is -1.93. The summed E-state index contributed by atoms with van der Waals surface area (Å²) in [5.74, 6) is 0. The summed E-state index contributed by atoms with van der Waals surface area (Å²) in [6.45, 7) is 2.61. The fourth-order valence-corrected chi connectivity index (χ4v) is 0.299. The molecular weight excluding hydrogens is 98.1 g/mol. The third-order valence-electron chi connectivity index (χ3n) is 0.651. The molecule has 0 heterocycles. The van der Waals surface area contributed by atoms with Gasteiger partial charge in [0.25, 0.3) is 0 Å². The van der Waals surface area contributed by atoms with E-state index in [0.29, 0.717) is 6.42 Å². The van der Waals surface area contributed by atoms with Crippen LogP contribution in [-0.2, 0) is 0 Å². The Morgan fingerprint density at radius 1 is 1.57 bits per heavy atom. The quantitative estimate of drug-likeness (QED) is 0.516. The maximum atomic E-state index is 11.6. The predicted molar refractivity (Wildman–Crippen MR) is 25.5 cm³/mol. The lowest BCUT2D eigenvalue weighted by molar-refractivity contribution is 0.344. The van der Waals surface area contributed by atoms with Gasteiger partial charge in [0.1, 0.15) is 6.17 Å². The first kappa shape index (κ1) is 6.86. The van der Waals surface area contributed by atoms with E-state index in [2.05, 4.69) is 6.92 Å². The highest BCUT2D eigenvalue weighted by molar-refractivity contribution is 4.55. The zero-order valence-electron chi connectivity index (χ0n) is 4.16. The van der Waals surface area contributed by atoms with Crippen molar-refractivity contribution < 1.29 is 8.78 Å². The Morgan fingerprint density at radius 3 is 2.29 bits per heavy atom. The molecule has 43 valence electrons. The first-order valence-electron chi connectivity index (χ1n) is 2.30. The van der Waals surface area contributed by atoms with Gasteiger partial charge in [-0.25, -0.2) is 4.39 Å². The van der Waals surface area contributed by atoms with Gasteiger partial charge in [-0.3, -0.25) is 4.39 Å². The van der Waals surface area contributed by atoms with Crippen LogP contribution in [0.3, 0.4) is 0 Å². The second kappa shape index (κ2) is 4.03. The number of alkyl halides is 2. The van der Waals surface area contributed by atoms with E-state index < -0.39 is 12.8 Å². The highest BCUT2D eigenvalue weighted by atomic mass is 19.1. The smallest absolute Gasteiger partial charge is 0.100 e. The van der Waals surface area contributed by atoms with Crippen LogP contribution in [0, 0.1) is 6.92 Å². The molecule has 1 radical (unpaired) electrons. The molecule has 0 aromatic heterocycles. The highest BCUT2D eigenvalue weighted by Gasteiger charge is 1.94. The minimum atomic E-state index is -1.09. The van der Waals surface area contributed by atoms with Gasteiger partial charge in [0.2, 0.25) is 0 Å². The minimum Gasteiger partial charge on any atom is -0.251 e. The lowest BCUT2D eigenvalue weighted by atomic mass is 10.2. The maximum Gasteiger partial charge on any atom is 0.100 e. The largest absolute Gasteiger partial charge is 0.251 e. The van der Waals surface area contributed by atoms with Crippen molar-refractivity contribution in [3.8, 4) is 0 Å². The van der Waals surface area contributed by atoms with Gasteiger partial charge in [-0.15, -0.1) is 0 Å². The van der Waals surface area contributed by atoms with Crippen molar-refractivity contribution >= 4 is 0 Å². The molecule has 0 bridgehead atoms. The molecule has 0 aliphatic carbocycles. The summed E-state index contributed by atoms with van der Waals surface area (Å²) in [5.41, 5.74) is 0. The van der Waals surface area contributed by atoms with E-state index in [4.69, 9.17) is 0 Å². The molecule has 1 atom stereocenters. The number of hydrogen-bond acceptors (Lipinski definition) is 0. The fourth-order valence-electron chi connectivity index (χ4n) is 0.299. The van der Waals surface area contributed by atoms with Crippen LogP contribution >= 0.6 is 0 Å². The Labute approximate surface area is 42.5 Å². The summed E-state index contributed by atoms with van der Waals surface area (Å²) in [6.07, 6.45) is -0.544. The van der Waals surface area contributed by atoms with Crippen LogP contribution in [0.2, 0.25) is 0 Å². The molecule has 0 aromatic carbocycles. The average Bonchev–Trinajstić information content (AvgIpc) is 1.61. The van der Waals surface area contributed by atoms with Crippen molar-refractivity contribution in [1.82, 2.24) is 0 Å². The lowest BCUT2D eigenvalue weighted by Crippen LogP contribution is -1.91. The number of rotatable bonds is 3. The summed E-state index contributed by atoms with van der Waals surface area (Å²) in [5, 5.41) is 0. The van der Waals surface area contributed by atoms with Gasteiger partial charge in [-0.1, -0.05) is 0 Å². The third kappa shape index (κ3) is 5.86. The summed E-state index contributed by atoms with van der Waals surface area (Å²) in [6, 6.07) is 0. The summed E-state index contributed by atoms with van der Waals surface area (Å²) < 4.78 is 22.8. The van der Waals surface area contributed by atoms with Gasteiger partial charge in [0.05, 0.1) is 6.67 Å². The van der Waals surface area contributed by atoms with Crippen molar-refractivity contribution in [3.63, 3.8) is 0 Å². The molecule has 0 amide bonds. The molecule has 0 rings (SSSR count). The summed E-state index contributed by atoms with van der Waals surface area (Å²) in [4.78, 5) is 0. The van der Waals surface area contributed by atoms with E-state index >= 15 is 0 Å². The van der Waals surface area contributed by atoms with Gasteiger partial charge in [0.15, 0.2) is 0 Å². The first-order chi connectivity index (χ1) is 3.27. The average molecular weight is 107 g/mol. The third-order valence-corrected chi connectivity index (χ3v) is 0.651. The van der Waals surface area contributed by atoms with Crippen LogP contribution in [0.1, 0.15) is 12.8 Å². The standard InChI is InChI=1S/C5H9F2/c1-5(7)3-2-4-6/h5H,1-4H2. The predicted octanol–water partition coefficient (Wildman–Crippen LogP) is 1.91. The fraction of sp³-hybridized carbons (Fsp3) is 0.800. The van der Waals surface area contributed by atoms with E-state index in [-0.39, 0.29) is 6.42 Å². The second-order valence-corrected chi connectivity index (χ2v) is 1.43. The van der Waals surface area contributed by atoms with Crippen LogP contribution in [0.4, 0.5) is 8.78 Å². The van der Waals surface area contributed by atoms with Gasteiger partial charge >= 0.3 is 0 Å². The van der Waals surface area contributed by atoms with E-state index in [9.17, 15) is 8.78 Å². The van der Waals surface area contributed by atoms with Crippen LogP contribution in [0.25, 0.3) is 0 Å². The molecule has 0 N–H and O–H groups in total. The molecule has 0 spiro atoms. The van der Waals surface area contributed by atoms with Crippen LogP contribution in [-0.4, -0.2) is 12.8 Å². The zero-order chi connectivity index (χ0) is 5.70. The maximum absolute atomic E-state index is 11.6. The molecule has 7 heavy (non-hydrogen) atoms. The molecule has 0 aliphatic heterocycles.